The highest BCUT2D eigenvalue weighted by Crippen LogP contribution is 2.27. The molecule has 0 aliphatic rings. The van der Waals surface area contributed by atoms with Crippen LogP contribution in [-0.4, -0.2) is 21.7 Å². The molecule has 0 radical (unpaired) electrons. The second-order valence-electron chi connectivity index (χ2n) is 4.83. The van der Waals surface area contributed by atoms with E-state index in [0.717, 1.165) is 18.8 Å². The Balaban J connectivity index is 2.09. The number of hydrogen-bond acceptors (Lipinski definition) is 3. The van der Waals surface area contributed by atoms with Crippen molar-refractivity contribution in [2.75, 3.05) is 6.54 Å². The van der Waals surface area contributed by atoms with Crippen LogP contribution in [0.1, 0.15) is 30.8 Å². The number of aromatic nitrogens is 3. The zero-order chi connectivity index (χ0) is 13.8. The molecule has 4 heteroatoms. The normalized spacial score (nSPS) is 12.7. The first-order valence-corrected chi connectivity index (χ1v) is 6.96. The Kier molecular flexibility index (Phi) is 3.74. The van der Waals surface area contributed by atoms with E-state index in [0.29, 0.717) is 0 Å². The maximum atomic E-state index is 4.32. The maximum absolute atomic E-state index is 4.32. The molecule has 3 rings (SSSR count). The van der Waals surface area contributed by atoms with Crippen molar-refractivity contribution < 1.29 is 0 Å². The van der Waals surface area contributed by atoms with Crippen molar-refractivity contribution in [2.24, 2.45) is 0 Å². The van der Waals surface area contributed by atoms with Gasteiger partial charge in [0.2, 0.25) is 0 Å². The van der Waals surface area contributed by atoms with Crippen LogP contribution in [-0.2, 0) is 0 Å². The third kappa shape index (κ3) is 2.42. The predicted molar refractivity (Wildman–Crippen MR) is 80.5 cm³/mol. The second-order valence-corrected chi connectivity index (χ2v) is 4.83. The number of aromatic amines is 1. The number of nitrogens with zero attached hydrogens (tertiary/aromatic N) is 2. The molecule has 1 aromatic heterocycles. The molecule has 0 bridgehead atoms. The average Bonchev–Trinajstić information content (AvgIpc) is 3.02. The molecule has 0 amide bonds. The van der Waals surface area contributed by atoms with Gasteiger partial charge in [0.15, 0.2) is 0 Å². The van der Waals surface area contributed by atoms with Crippen LogP contribution in [0, 0.1) is 0 Å². The molecule has 1 atom stereocenters. The van der Waals surface area contributed by atoms with Crippen LogP contribution in [0.2, 0.25) is 0 Å². The average molecular weight is 266 g/mol. The first kappa shape index (κ1) is 12.8. The lowest BCUT2D eigenvalue weighted by atomic mass is 9.98. The minimum absolute atomic E-state index is 0.0450. The lowest BCUT2D eigenvalue weighted by Crippen LogP contribution is -2.24. The van der Waals surface area contributed by atoms with E-state index in [1.807, 2.05) is 0 Å². The molecule has 0 fully saturated rings. The van der Waals surface area contributed by atoms with Crippen molar-refractivity contribution in [3.63, 3.8) is 0 Å². The Morgan fingerprint density at radius 1 is 1.15 bits per heavy atom. The van der Waals surface area contributed by atoms with Crippen LogP contribution in [0.15, 0.2) is 48.8 Å². The molecule has 1 unspecified atom stereocenters. The fraction of sp³-hybridized carbons (Fsp3) is 0.250. The van der Waals surface area contributed by atoms with Gasteiger partial charge < -0.3 is 5.32 Å². The Morgan fingerprint density at radius 2 is 2.00 bits per heavy atom. The van der Waals surface area contributed by atoms with E-state index in [1.165, 1.54) is 16.3 Å². The summed E-state index contributed by atoms with van der Waals surface area (Å²) < 4.78 is 0. The molecule has 0 spiro atoms. The van der Waals surface area contributed by atoms with Crippen molar-refractivity contribution in [1.82, 2.24) is 20.5 Å². The predicted octanol–water partition coefficient (Wildman–Crippen LogP) is 3.05. The topological polar surface area (TPSA) is 53.6 Å². The van der Waals surface area contributed by atoms with Gasteiger partial charge in [0.25, 0.3) is 0 Å². The molecule has 3 aromatic rings. The highest BCUT2D eigenvalue weighted by Gasteiger charge is 2.18. The van der Waals surface area contributed by atoms with Gasteiger partial charge in [-0.2, -0.15) is 5.10 Å². The fourth-order valence-corrected chi connectivity index (χ4v) is 2.50. The summed E-state index contributed by atoms with van der Waals surface area (Å²) in [6.07, 6.45) is 2.64. The summed E-state index contributed by atoms with van der Waals surface area (Å²) >= 11 is 0. The molecule has 20 heavy (non-hydrogen) atoms. The molecule has 0 aliphatic heterocycles. The standard InChI is InChI=1S/C16H18N4/c1-2-10-17-15(16-18-11-19-20-16)14-9-5-7-12-6-3-4-8-13(12)14/h3-9,11,15,17H,2,10H2,1H3,(H,18,19,20). The highest BCUT2D eigenvalue weighted by molar-refractivity contribution is 5.86. The number of nitrogens with one attached hydrogen (secondary N) is 2. The summed E-state index contributed by atoms with van der Waals surface area (Å²) in [6.45, 7) is 3.10. The highest BCUT2D eigenvalue weighted by atomic mass is 15.2. The SMILES string of the molecule is CCCNC(c1ncn[nH]1)c1cccc2ccccc12. The van der Waals surface area contributed by atoms with Crippen LogP contribution >= 0.6 is 0 Å². The molecule has 0 aliphatic carbocycles. The molecule has 102 valence electrons. The minimum atomic E-state index is 0.0450. The van der Waals surface area contributed by atoms with Crippen LogP contribution in [0.3, 0.4) is 0 Å². The van der Waals surface area contributed by atoms with E-state index in [2.05, 4.69) is 69.9 Å². The number of fused-ring (bicyclic) bond motifs is 1. The molecular weight excluding hydrogens is 248 g/mol. The Hall–Kier alpha value is -2.20. The number of H-pyrrole nitrogens is 1. The van der Waals surface area contributed by atoms with E-state index in [-0.39, 0.29) is 6.04 Å². The van der Waals surface area contributed by atoms with Gasteiger partial charge in [0, 0.05) is 0 Å². The molecular formula is C16H18N4. The number of rotatable bonds is 5. The van der Waals surface area contributed by atoms with Gasteiger partial charge >= 0.3 is 0 Å². The van der Waals surface area contributed by atoms with Crippen molar-refractivity contribution >= 4 is 10.8 Å². The van der Waals surface area contributed by atoms with Crippen molar-refractivity contribution in [1.29, 1.82) is 0 Å². The Morgan fingerprint density at radius 3 is 2.80 bits per heavy atom. The molecule has 4 nitrogen and oxygen atoms in total. The van der Waals surface area contributed by atoms with Crippen molar-refractivity contribution in [3.05, 3.63) is 60.2 Å². The van der Waals surface area contributed by atoms with Gasteiger partial charge in [-0.15, -0.1) is 0 Å². The lowest BCUT2D eigenvalue weighted by Gasteiger charge is -2.18. The molecule has 2 aromatic carbocycles. The zero-order valence-electron chi connectivity index (χ0n) is 11.5. The van der Waals surface area contributed by atoms with Crippen LogP contribution in [0.4, 0.5) is 0 Å². The number of hydrogen-bond donors (Lipinski definition) is 2. The zero-order valence-corrected chi connectivity index (χ0v) is 11.5. The number of benzene rings is 2. The molecule has 1 heterocycles. The third-order valence-electron chi connectivity index (χ3n) is 3.44. The molecule has 0 saturated heterocycles. The lowest BCUT2D eigenvalue weighted by molar-refractivity contribution is 0.577. The monoisotopic (exact) mass is 266 g/mol. The first-order chi connectivity index (χ1) is 9.90. The van der Waals surface area contributed by atoms with Crippen LogP contribution in [0.25, 0.3) is 10.8 Å². The summed E-state index contributed by atoms with van der Waals surface area (Å²) in [7, 11) is 0. The molecule has 0 saturated carbocycles. The van der Waals surface area contributed by atoms with Gasteiger partial charge in [0.05, 0.1) is 6.04 Å². The van der Waals surface area contributed by atoms with Gasteiger partial charge in [-0.25, -0.2) is 4.98 Å². The summed E-state index contributed by atoms with van der Waals surface area (Å²) in [4.78, 5) is 4.32. The summed E-state index contributed by atoms with van der Waals surface area (Å²) in [5.41, 5.74) is 1.23. The maximum Gasteiger partial charge on any atom is 0.145 e. The quantitative estimate of drug-likeness (QED) is 0.746. The second kappa shape index (κ2) is 5.84. The van der Waals surface area contributed by atoms with Crippen LogP contribution in [0.5, 0.6) is 0 Å². The van der Waals surface area contributed by atoms with E-state index < -0.39 is 0 Å². The summed E-state index contributed by atoms with van der Waals surface area (Å²) in [5, 5.41) is 13.0. The smallest absolute Gasteiger partial charge is 0.145 e. The van der Waals surface area contributed by atoms with Gasteiger partial charge in [-0.1, -0.05) is 49.4 Å². The van der Waals surface area contributed by atoms with E-state index in [1.54, 1.807) is 6.33 Å². The van der Waals surface area contributed by atoms with Gasteiger partial charge in [0.1, 0.15) is 12.2 Å². The first-order valence-electron chi connectivity index (χ1n) is 6.96. The fourth-order valence-electron chi connectivity index (χ4n) is 2.50. The molecule has 2 N–H and O–H groups in total. The van der Waals surface area contributed by atoms with Crippen LogP contribution < -0.4 is 5.32 Å². The van der Waals surface area contributed by atoms with E-state index in [9.17, 15) is 0 Å². The van der Waals surface area contributed by atoms with Crippen molar-refractivity contribution in [3.8, 4) is 0 Å². The minimum Gasteiger partial charge on any atom is -0.304 e. The largest absolute Gasteiger partial charge is 0.304 e. The summed E-state index contributed by atoms with van der Waals surface area (Å²) in [5.74, 6) is 0.856. The Labute approximate surface area is 118 Å². The Bertz CT molecular complexity index is 671. The van der Waals surface area contributed by atoms with Gasteiger partial charge in [-0.05, 0) is 29.3 Å². The summed E-state index contributed by atoms with van der Waals surface area (Å²) in [6, 6.07) is 14.8. The van der Waals surface area contributed by atoms with Crippen molar-refractivity contribution in [2.45, 2.75) is 19.4 Å². The van der Waals surface area contributed by atoms with E-state index >= 15 is 0 Å². The van der Waals surface area contributed by atoms with E-state index in [4.69, 9.17) is 0 Å². The van der Waals surface area contributed by atoms with Gasteiger partial charge in [-0.3, -0.25) is 5.10 Å². The third-order valence-corrected chi connectivity index (χ3v) is 3.44.